The minimum Gasteiger partial charge on any atom is -0.493 e. The molecule has 1 amide bonds. The minimum absolute atomic E-state index is 0.0858. The predicted molar refractivity (Wildman–Crippen MR) is 116 cm³/mol. The molecule has 1 N–H and O–H groups in total. The number of carbonyl (C=O) groups is 1. The number of aryl methyl sites for hydroxylation is 1. The number of hydrogen-bond acceptors (Lipinski definition) is 5. The maximum absolute atomic E-state index is 12.7. The molecule has 0 spiro atoms. The van der Waals surface area contributed by atoms with E-state index in [1.165, 1.54) is 25.1 Å². The van der Waals surface area contributed by atoms with Crippen LogP contribution < -0.4 is 20.3 Å². The van der Waals surface area contributed by atoms with E-state index in [0.717, 1.165) is 9.26 Å². The lowest BCUT2D eigenvalue weighted by Crippen LogP contribution is -2.22. The zero-order valence-corrected chi connectivity index (χ0v) is 17.7. The molecule has 3 rings (SSSR count). The quantitative estimate of drug-likeness (QED) is 0.511. The summed E-state index contributed by atoms with van der Waals surface area (Å²) in [6, 6.07) is 10.9. The lowest BCUT2D eigenvalue weighted by atomic mass is 10.2. The van der Waals surface area contributed by atoms with Crippen molar-refractivity contribution >= 4 is 45.1 Å². The molecule has 0 aliphatic rings. The molecule has 0 unspecified atom stereocenters. The largest absolute Gasteiger partial charge is 0.493 e. The summed E-state index contributed by atoms with van der Waals surface area (Å²) in [6.07, 6.45) is 2.33. The Hall–Kier alpha value is -2.62. The summed E-state index contributed by atoms with van der Waals surface area (Å²) in [5.74, 6) is 0.910. The number of nitrogens with one attached hydrogen (secondary N) is 1. The number of rotatable bonds is 7. The first-order valence-electron chi connectivity index (χ1n) is 8.69. The summed E-state index contributed by atoms with van der Waals surface area (Å²) in [5, 5.41) is 3.34. The van der Waals surface area contributed by atoms with Gasteiger partial charge >= 0.3 is 0 Å². The second kappa shape index (κ2) is 9.05. The Morgan fingerprint density at radius 3 is 2.61 bits per heavy atom. The summed E-state index contributed by atoms with van der Waals surface area (Å²) in [4.78, 5) is 29.2. The normalized spacial score (nSPS) is 10.7. The molecule has 0 bridgehead atoms. The molecular formula is C20H20IN3O4. The average molecular weight is 493 g/mol. The van der Waals surface area contributed by atoms with Crippen molar-refractivity contribution in [1.29, 1.82) is 0 Å². The van der Waals surface area contributed by atoms with Crippen molar-refractivity contribution in [2.24, 2.45) is 0 Å². The fourth-order valence-corrected chi connectivity index (χ4v) is 3.35. The third kappa shape index (κ3) is 4.44. The molecule has 0 atom stereocenters. The Morgan fingerprint density at radius 2 is 1.89 bits per heavy atom. The number of para-hydroxylation sites is 1. The number of methoxy groups -OCH3 is 2. The van der Waals surface area contributed by atoms with Gasteiger partial charge in [-0.15, -0.1) is 0 Å². The number of nitrogens with zero attached hydrogens (tertiary/aromatic N) is 2. The van der Waals surface area contributed by atoms with Crippen LogP contribution in [0.1, 0.15) is 12.8 Å². The van der Waals surface area contributed by atoms with Gasteiger partial charge in [-0.1, -0.05) is 12.1 Å². The zero-order valence-electron chi connectivity index (χ0n) is 15.6. The summed E-state index contributed by atoms with van der Waals surface area (Å²) in [6.45, 7) is 0.398. The fourth-order valence-electron chi connectivity index (χ4n) is 2.83. The number of fused-ring (bicyclic) bond motifs is 1. The van der Waals surface area contributed by atoms with Crippen LogP contribution in [-0.4, -0.2) is 29.7 Å². The first-order chi connectivity index (χ1) is 13.5. The molecule has 2 aromatic carbocycles. The number of hydrogen-bond donors (Lipinski definition) is 1. The van der Waals surface area contributed by atoms with Crippen LogP contribution in [-0.2, 0) is 11.3 Å². The molecular weight excluding hydrogens is 473 g/mol. The lowest BCUT2D eigenvalue weighted by Gasteiger charge is -2.11. The summed E-state index contributed by atoms with van der Waals surface area (Å²) < 4.78 is 13.0. The Balaban J connectivity index is 1.69. The van der Waals surface area contributed by atoms with Crippen molar-refractivity contribution < 1.29 is 14.3 Å². The number of carbonyl (C=O) groups excluding carboxylic acids is 1. The molecule has 1 heterocycles. The molecule has 7 nitrogen and oxygen atoms in total. The summed E-state index contributed by atoms with van der Waals surface area (Å²) >= 11 is 2.18. The van der Waals surface area contributed by atoms with Crippen molar-refractivity contribution in [2.45, 2.75) is 19.4 Å². The third-order valence-corrected chi connectivity index (χ3v) is 5.22. The van der Waals surface area contributed by atoms with Gasteiger partial charge in [0, 0.05) is 22.6 Å². The monoisotopic (exact) mass is 493 g/mol. The Kier molecular flexibility index (Phi) is 6.50. The van der Waals surface area contributed by atoms with Gasteiger partial charge in [-0.25, -0.2) is 4.98 Å². The van der Waals surface area contributed by atoms with Gasteiger partial charge in [0.05, 0.1) is 37.1 Å². The molecule has 146 valence electrons. The van der Waals surface area contributed by atoms with Gasteiger partial charge in [0.1, 0.15) is 0 Å². The van der Waals surface area contributed by atoms with Crippen LogP contribution in [0.3, 0.4) is 0 Å². The van der Waals surface area contributed by atoms with E-state index in [1.54, 1.807) is 12.1 Å². The van der Waals surface area contributed by atoms with Crippen LogP contribution in [0.5, 0.6) is 11.5 Å². The molecule has 0 aliphatic heterocycles. The molecule has 0 saturated heterocycles. The summed E-state index contributed by atoms with van der Waals surface area (Å²) in [7, 11) is 3.05. The van der Waals surface area contributed by atoms with Gasteiger partial charge in [0.2, 0.25) is 5.91 Å². The molecule has 0 radical (unpaired) electrons. The SMILES string of the molecule is COc1cc2ncn(CCCC(=O)Nc3ccccc3I)c(=O)c2cc1OC. The van der Waals surface area contributed by atoms with Crippen molar-refractivity contribution in [3.63, 3.8) is 0 Å². The third-order valence-electron chi connectivity index (χ3n) is 4.28. The van der Waals surface area contributed by atoms with Crippen LogP contribution in [0.25, 0.3) is 10.9 Å². The van der Waals surface area contributed by atoms with Crippen LogP contribution in [0, 0.1) is 3.57 Å². The molecule has 0 aliphatic carbocycles. The zero-order chi connectivity index (χ0) is 20.1. The lowest BCUT2D eigenvalue weighted by molar-refractivity contribution is -0.116. The molecule has 3 aromatic rings. The first kappa shape index (κ1) is 20.1. The first-order valence-corrected chi connectivity index (χ1v) is 9.77. The Bertz CT molecular complexity index is 1060. The Morgan fingerprint density at radius 1 is 1.18 bits per heavy atom. The Labute approximate surface area is 175 Å². The number of ether oxygens (including phenoxy) is 2. The van der Waals surface area contributed by atoms with E-state index in [1.807, 2.05) is 24.3 Å². The van der Waals surface area contributed by atoms with E-state index in [2.05, 4.69) is 32.9 Å². The fraction of sp³-hybridized carbons (Fsp3) is 0.250. The van der Waals surface area contributed by atoms with Crippen molar-refractivity contribution in [1.82, 2.24) is 9.55 Å². The number of aromatic nitrogens is 2. The van der Waals surface area contributed by atoms with Crippen LogP contribution in [0.4, 0.5) is 5.69 Å². The van der Waals surface area contributed by atoms with Crippen LogP contribution in [0.15, 0.2) is 47.5 Å². The maximum atomic E-state index is 12.7. The summed E-state index contributed by atoms with van der Waals surface area (Å²) in [5.41, 5.74) is 1.15. The van der Waals surface area contributed by atoms with E-state index in [0.29, 0.717) is 41.8 Å². The van der Waals surface area contributed by atoms with Gasteiger partial charge in [0.15, 0.2) is 11.5 Å². The highest BCUT2D eigenvalue weighted by atomic mass is 127. The van der Waals surface area contributed by atoms with Crippen molar-refractivity contribution in [3.8, 4) is 11.5 Å². The highest BCUT2D eigenvalue weighted by Crippen LogP contribution is 2.29. The van der Waals surface area contributed by atoms with Gasteiger partial charge in [0.25, 0.3) is 5.56 Å². The second-order valence-electron chi connectivity index (χ2n) is 6.10. The van der Waals surface area contributed by atoms with E-state index in [-0.39, 0.29) is 11.5 Å². The smallest absolute Gasteiger partial charge is 0.261 e. The average Bonchev–Trinajstić information content (AvgIpc) is 2.70. The molecule has 8 heteroatoms. The molecule has 0 fully saturated rings. The van der Waals surface area contributed by atoms with Crippen LogP contribution in [0.2, 0.25) is 0 Å². The van der Waals surface area contributed by atoms with Gasteiger partial charge in [-0.05, 0) is 47.2 Å². The predicted octanol–water partition coefficient (Wildman–Crippen LogP) is 3.44. The number of benzene rings is 2. The maximum Gasteiger partial charge on any atom is 0.261 e. The standard InChI is InChI=1S/C20H20IN3O4/c1-27-17-10-13-16(11-18(17)28-2)22-12-24(20(13)26)9-5-8-19(25)23-15-7-4-3-6-14(15)21/h3-4,6-7,10-12H,5,8-9H2,1-2H3,(H,23,25). The topological polar surface area (TPSA) is 82.5 Å². The highest BCUT2D eigenvalue weighted by molar-refractivity contribution is 14.1. The van der Waals surface area contributed by atoms with E-state index in [4.69, 9.17) is 9.47 Å². The highest BCUT2D eigenvalue weighted by Gasteiger charge is 2.11. The number of anilines is 1. The van der Waals surface area contributed by atoms with Gasteiger partial charge < -0.3 is 14.8 Å². The van der Waals surface area contributed by atoms with Gasteiger partial charge in [-0.2, -0.15) is 0 Å². The number of halogens is 1. The van der Waals surface area contributed by atoms with Gasteiger partial charge in [-0.3, -0.25) is 14.2 Å². The molecule has 1 aromatic heterocycles. The van der Waals surface area contributed by atoms with Crippen molar-refractivity contribution in [2.75, 3.05) is 19.5 Å². The van der Waals surface area contributed by atoms with Crippen LogP contribution >= 0.6 is 22.6 Å². The number of amides is 1. The minimum atomic E-state index is -0.177. The second-order valence-corrected chi connectivity index (χ2v) is 7.26. The molecule has 28 heavy (non-hydrogen) atoms. The van der Waals surface area contributed by atoms with E-state index in [9.17, 15) is 9.59 Å². The van der Waals surface area contributed by atoms with E-state index >= 15 is 0 Å². The van der Waals surface area contributed by atoms with E-state index < -0.39 is 0 Å². The van der Waals surface area contributed by atoms with Crippen molar-refractivity contribution in [3.05, 3.63) is 56.6 Å². The molecule has 0 saturated carbocycles.